The number of nitrogens with one attached hydrogen (secondary N) is 2. The highest BCUT2D eigenvalue weighted by Crippen LogP contribution is 2.25. The van der Waals surface area contributed by atoms with Gasteiger partial charge in [0.2, 0.25) is 5.91 Å². The summed E-state index contributed by atoms with van der Waals surface area (Å²) >= 11 is 0. The molecule has 2 atom stereocenters. The Labute approximate surface area is 190 Å². The summed E-state index contributed by atoms with van der Waals surface area (Å²) in [6.07, 6.45) is 3.62. The fraction of sp³-hybridized carbons (Fsp3) is 0.462. The summed E-state index contributed by atoms with van der Waals surface area (Å²) in [5, 5.41) is 5.94. The maximum Gasteiger partial charge on any atom is 0.408 e. The molecule has 0 heterocycles. The molecule has 6 heteroatoms. The second-order valence-electron chi connectivity index (χ2n) is 8.82. The number of ether oxygens (including phenoxy) is 2. The highest BCUT2D eigenvalue weighted by molar-refractivity contribution is 5.85. The number of amides is 2. The van der Waals surface area contributed by atoms with Crippen molar-refractivity contribution in [1.29, 1.82) is 0 Å². The van der Waals surface area contributed by atoms with Crippen molar-refractivity contribution < 1.29 is 19.1 Å². The van der Waals surface area contributed by atoms with E-state index in [4.69, 9.17) is 9.47 Å². The Balaban J connectivity index is 1.60. The summed E-state index contributed by atoms with van der Waals surface area (Å²) in [6, 6.07) is 15.0. The van der Waals surface area contributed by atoms with Crippen LogP contribution in [0.25, 0.3) is 0 Å². The molecule has 0 saturated heterocycles. The van der Waals surface area contributed by atoms with Crippen LogP contribution in [0.3, 0.4) is 0 Å². The van der Waals surface area contributed by atoms with Crippen molar-refractivity contribution in [2.75, 3.05) is 7.11 Å². The van der Waals surface area contributed by atoms with E-state index in [9.17, 15) is 9.59 Å². The number of hydrogen-bond donors (Lipinski definition) is 2. The average Bonchev–Trinajstić information content (AvgIpc) is 2.98. The lowest BCUT2D eigenvalue weighted by Gasteiger charge is -2.24. The first-order valence-corrected chi connectivity index (χ1v) is 11.4. The number of fused-ring (bicyclic) bond motifs is 1. The summed E-state index contributed by atoms with van der Waals surface area (Å²) in [4.78, 5) is 25.5. The van der Waals surface area contributed by atoms with E-state index < -0.39 is 12.1 Å². The molecule has 0 fully saturated rings. The third-order valence-electron chi connectivity index (χ3n) is 5.75. The molecular weight excluding hydrogens is 404 g/mol. The number of hydrogen-bond acceptors (Lipinski definition) is 4. The summed E-state index contributed by atoms with van der Waals surface area (Å²) in [5.41, 5.74) is 3.42. The first kappa shape index (κ1) is 23.6. The monoisotopic (exact) mass is 438 g/mol. The smallest absolute Gasteiger partial charge is 0.408 e. The van der Waals surface area contributed by atoms with E-state index in [1.54, 1.807) is 7.11 Å². The van der Waals surface area contributed by atoms with E-state index in [2.05, 4.69) is 22.8 Å². The van der Waals surface area contributed by atoms with Gasteiger partial charge in [-0.1, -0.05) is 50.2 Å². The zero-order valence-corrected chi connectivity index (χ0v) is 19.2. The van der Waals surface area contributed by atoms with Crippen molar-refractivity contribution in [3.63, 3.8) is 0 Å². The Morgan fingerprint density at radius 3 is 2.59 bits per heavy atom. The molecule has 0 saturated carbocycles. The van der Waals surface area contributed by atoms with E-state index in [0.29, 0.717) is 6.42 Å². The Bertz CT molecular complexity index is 898. The Morgan fingerprint density at radius 2 is 1.88 bits per heavy atom. The summed E-state index contributed by atoms with van der Waals surface area (Å²) in [5.74, 6) is 0.919. The molecule has 0 aromatic heterocycles. The number of aryl methyl sites for hydroxylation is 1. The van der Waals surface area contributed by atoms with Gasteiger partial charge in [-0.05, 0) is 66.8 Å². The fourth-order valence-corrected chi connectivity index (χ4v) is 4.10. The van der Waals surface area contributed by atoms with Crippen LogP contribution in [-0.4, -0.2) is 31.2 Å². The first-order valence-electron chi connectivity index (χ1n) is 11.4. The molecule has 0 bridgehead atoms. The van der Waals surface area contributed by atoms with Crippen molar-refractivity contribution in [1.82, 2.24) is 10.6 Å². The Kier molecular flexibility index (Phi) is 8.54. The second kappa shape index (κ2) is 11.6. The maximum absolute atomic E-state index is 13.1. The third-order valence-corrected chi connectivity index (χ3v) is 5.75. The lowest BCUT2D eigenvalue weighted by molar-refractivity contribution is -0.124. The van der Waals surface area contributed by atoms with Crippen LogP contribution in [0.1, 0.15) is 49.8 Å². The van der Waals surface area contributed by atoms with Crippen LogP contribution in [-0.2, 0) is 29.0 Å². The summed E-state index contributed by atoms with van der Waals surface area (Å²) in [6.45, 7) is 4.24. The Morgan fingerprint density at radius 1 is 1.09 bits per heavy atom. The molecule has 2 aromatic rings. The minimum Gasteiger partial charge on any atom is -0.497 e. The molecule has 3 rings (SSSR count). The molecule has 0 radical (unpaired) electrons. The van der Waals surface area contributed by atoms with Gasteiger partial charge in [0.05, 0.1) is 7.11 Å². The van der Waals surface area contributed by atoms with Crippen LogP contribution in [0.4, 0.5) is 4.79 Å². The second-order valence-corrected chi connectivity index (χ2v) is 8.82. The Hall–Kier alpha value is -3.02. The molecule has 6 nitrogen and oxygen atoms in total. The van der Waals surface area contributed by atoms with Gasteiger partial charge in [-0.25, -0.2) is 4.79 Å². The molecule has 0 unspecified atom stereocenters. The van der Waals surface area contributed by atoms with Gasteiger partial charge in [0.25, 0.3) is 0 Å². The lowest BCUT2D eigenvalue weighted by Crippen LogP contribution is -2.50. The molecule has 1 aliphatic carbocycles. The molecule has 2 aromatic carbocycles. The maximum atomic E-state index is 13.1. The number of benzene rings is 2. The van der Waals surface area contributed by atoms with Gasteiger partial charge in [0.15, 0.2) is 0 Å². The van der Waals surface area contributed by atoms with Gasteiger partial charge in [0.1, 0.15) is 18.4 Å². The number of alkyl carbamates (subject to hydrolysis) is 1. The standard InChI is InChI=1S/C26H34N2O4/c1-18(2)14-24(28-26(30)32-17-19-8-5-4-6-9-19)25(29)27-22-11-7-10-20-12-13-23(31-3)16-21(20)15-22/h4-6,8-9,12-13,16,18,22,24H,7,10-11,14-15,17H2,1-3H3,(H,27,29)(H,28,30)/t22-,24+/m0/s1. The van der Waals surface area contributed by atoms with Crippen molar-refractivity contribution in [2.24, 2.45) is 5.92 Å². The van der Waals surface area contributed by atoms with Crippen LogP contribution in [0.5, 0.6) is 5.75 Å². The van der Waals surface area contributed by atoms with Crippen LogP contribution in [0.2, 0.25) is 0 Å². The minimum atomic E-state index is -0.633. The molecule has 0 spiro atoms. The SMILES string of the molecule is COc1ccc2c(c1)C[C@@H](NC(=O)[C@@H](CC(C)C)NC(=O)OCc1ccccc1)CCC2. The molecule has 0 aliphatic heterocycles. The molecule has 2 amide bonds. The lowest BCUT2D eigenvalue weighted by atomic mass is 10.00. The van der Waals surface area contributed by atoms with E-state index in [1.165, 1.54) is 11.1 Å². The van der Waals surface area contributed by atoms with Crippen molar-refractivity contribution >= 4 is 12.0 Å². The van der Waals surface area contributed by atoms with Crippen molar-refractivity contribution in [3.05, 3.63) is 65.2 Å². The van der Waals surface area contributed by atoms with Crippen LogP contribution in [0.15, 0.2) is 48.5 Å². The quantitative estimate of drug-likeness (QED) is 0.599. The van der Waals surface area contributed by atoms with Gasteiger partial charge >= 0.3 is 6.09 Å². The van der Waals surface area contributed by atoms with Gasteiger partial charge in [-0.15, -0.1) is 0 Å². The summed E-state index contributed by atoms with van der Waals surface area (Å²) < 4.78 is 10.7. The highest BCUT2D eigenvalue weighted by atomic mass is 16.5. The van der Waals surface area contributed by atoms with Crippen LogP contribution < -0.4 is 15.4 Å². The number of rotatable bonds is 8. The van der Waals surface area contributed by atoms with Crippen molar-refractivity contribution in [2.45, 2.75) is 64.6 Å². The van der Waals surface area contributed by atoms with Crippen LogP contribution in [0, 0.1) is 5.92 Å². The first-order chi connectivity index (χ1) is 15.4. The zero-order valence-electron chi connectivity index (χ0n) is 19.2. The van der Waals surface area contributed by atoms with E-state index >= 15 is 0 Å². The van der Waals surface area contributed by atoms with Crippen molar-refractivity contribution in [3.8, 4) is 5.75 Å². The summed E-state index contributed by atoms with van der Waals surface area (Å²) in [7, 11) is 1.66. The average molecular weight is 439 g/mol. The van der Waals surface area contributed by atoms with E-state index in [-0.39, 0.29) is 24.5 Å². The molecule has 172 valence electrons. The number of methoxy groups -OCH3 is 1. The molecule has 1 aliphatic rings. The largest absolute Gasteiger partial charge is 0.497 e. The molecule has 32 heavy (non-hydrogen) atoms. The predicted molar refractivity (Wildman–Crippen MR) is 125 cm³/mol. The van der Waals surface area contributed by atoms with E-state index in [0.717, 1.165) is 37.0 Å². The normalized spacial score (nSPS) is 16.4. The van der Waals surface area contributed by atoms with Gasteiger partial charge in [-0.2, -0.15) is 0 Å². The third kappa shape index (κ3) is 7.01. The molecular formula is C26H34N2O4. The fourth-order valence-electron chi connectivity index (χ4n) is 4.10. The highest BCUT2D eigenvalue weighted by Gasteiger charge is 2.26. The van der Waals surface area contributed by atoms with Gasteiger partial charge in [0, 0.05) is 6.04 Å². The van der Waals surface area contributed by atoms with Gasteiger partial charge in [-0.3, -0.25) is 4.79 Å². The zero-order chi connectivity index (χ0) is 22.9. The predicted octanol–water partition coefficient (Wildman–Crippen LogP) is 4.40. The number of carbonyl (C=O) groups excluding carboxylic acids is 2. The molecule has 2 N–H and O–H groups in total. The van der Waals surface area contributed by atoms with E-state index in [1.807, 2.05) is 50.2 Å². The van der Waals surface area contributed by atoms with Crippen LogP contribution >= 0.6 is 0 Å². The van der Waals surface area contributed by atoms with Gasteiger partial charge < -0.3 is 20.1 Å². The minimum absolute atomic E-state index is 0.0210. The topological polar surface area (TPSA) is 76.7 Å². The number of carbonyl (C=O) groups is 2.